The third-order valence-electron chi connectivity index (χ3n) is 10.1. The average Bonchev–Trinajstić information content (AvgIpc) is 3.24. The van der Waals surface area contributed by atoms with Gasteiger partial charge in [0, 0.05) is 19.3 Å². The van der Waals surface area contributed by atoms with Crippen LogP contribution < -0.4 is 30.7 Å². The highest BCUT2D eigenvalue weighted by molar-refractivity contribution is 5.95. The van der Waals surface area contributed by atoms with Crippen molar-refractivity contribution in [2.24, 2.45) is 0 Å². The van der Waals surface area contributed by atoms with Crippen LogP contribution in [0.15, 0.2) is 133 Å². The third kappa shape index (κ3) is 13.3. The number of carboxylic acid groups (broad SMARTS) is 1. The average molecular weight is 825 g/mol. The molecule has 2 aliphatic rings. The Morgan fingerprint density at radius 2 is 1.15 bits per heavy atom. The minimum atomic E-state index is -1.32. The quantitative estimate of drug-likeness (QED) is 0.113. The first kappa shape index (κ1) is 43.6. The fourth-order valence-electron chi connectivity index (χ4n) is 6.98. The molecule has 0 saturated carbocycles. The van der Waals surface area contributed by atoms with E-state index >= 15 is 0 Å². The molecule has 0 aliphatic carbocycles. The molecule has 0 unspecified atom stereocenters. The van der Waals surface area contributed by atoms with Crippen molar-refractivity contribution < 1.29 is 38.6 Å². The Hall–Kier alpha value is -6.95. The summed E-state index contributed by atoms with van der Waals surface area (Å²) in [7, 11) is 0. The third-order valence-corrected chi connectivity index (χ3v) is 10.1. The lowest BCUT2D eigenvalue weighted by atomic mass is 9.98. The van der Waals surface area contributed by atoms with E-state index in [-0.39, 0.29) is 25.7 Å². The maximum absolute atomic E-state index is 14.5. The van der Waals surface area contributed by atoms with E-state index in [4.69, 9.17) is 9.47 Å². The summed E-state index contributed by atoms with van der Waals surface area (Å²) in [5.74, 6) is -2.83. The van der Waals surface area contributed by atoms with Crippen LogP contribution in [-0.4, -0.2) is 71.1 Å². The lowest BCUT2D eigenvalue weighted by Crippen LogP contribution is -2.59. The first-order chi connectivity index (χ1) is 29.3. The summed E-state index contributed by atoms with van der Waals surface area (Å²) < 4.78 is 11.7. The fourth-order valence-corrected chi connectivity index (χ4v) is 6.98. The summed E-state index contributed by atoms with van der Waals surface area (Å²) in [4.78, 5) is 68.8. The number of hydrogen-bond acceptors (Lipinski definition) is 7. The van der Waals surface area contributed by atoms with Gasteiger partial charge in [-0.05, 0) is 91.3 Å². The molecule has 0 radical (unpaired) electrons. The molecule has 5 aromatic rings. The zero-order valence-electron chi connectivity index (χ0n) is 34.6. The standard InChI is InChI=1S/C49H52N4O8/c1-49(2,3)61-39-25-18-34(19-26-39)28-41-46(56)52-42(29-33-14-21-37(22-15-33)36-12-8-5-9-13-36)47(57)51-40(27-20-32-10-6-4-7-11-32)45(55)53-43(48(58)59)30-35-16-23-38(24-17-35)60-31-44(54)50-41/h4-19,21-26,40-43H,20,27-31H2,1-3H3,(H,50,54)(H,51,57)(H,52,56)(H,53,55)(H,58,59)/t40-,41-,42+,43-/m0/s1. The smallest absolute Gasteiger partial charge is 0.326 e. The number of benzene rings is 5. The molecule has 61 heavy (non-hydrogen) atoms. The van der Waals surface area contributed by atoms with Crippen LogP contribution in [0.3, 0.4) is 0 Å². The maximum atomic E-state index is 14.5. The second kappa shape index (κ2) is 20.3. The van der Waals surface area contributed by atoms with Crippen LogP contribution >= 0.6 is 0 Å². The Labute approximate surface area is 356 Å². The van der Waals surface area contributed by atoms with Gasteiger partial charge in [0.05, 0.1) is 0 Å². The molecule has 0 fully saturated rings. The predicted octanol–water partition coefficient (Wildman–Crippen LogP) is 5.61. The van der Waals surface area contributed by atoms with E-state index in [1.807, 2.05) is 118 Å². The Morgan fingerprint density at radius 3 is 1.74 bits per heavy atom. The van der Waals surface area contributed by atoms with Crippen molar-refractivity contribution in [1.29, 1.82) is 0 Å². The second-order valence-corrected chi connectivity index (χ2v) is 16.1. The molecule has 2 heterocycles. The number of carboxylic acids is 1. The number of aliphatic carboxylic acids is 1. The number of carbonyl (C=O) groups excluding carboxylic acids is 4. The number of nitrogens with one attached hydrogen (secondary N) is 4. The number of amides is 4. The zero-order valence-corrected chi connectivity index (χ0v) is 34.6. The Kier molecular flexibility index (Phi) is 14.5. The highest BCUT2D eigenvalue weighted by Gasteiger charge is 2.32. The monoisotopic (exact) mass is 824 g/mol. The van der Waals surface area contributed by atoms with Crippen molar-refractivity contribution in [2.45, 2.75) is 82.6 Å². The van der Waals surface area contributed by atoms with E-state index in [9.17, 15) is 29.1 Å². The van der Waals surface area contributed by atoms with Gasteiger partial charge in [-0.1, -0.05) is 109 Å². The van der Waals surface area contributed by atoms with E-state index in [1.54, 1.807) is 36.4 Å². The number of fused-ring (bicyclic) bond motifs is 16. The van der Waals surface area contributed by atoms with Crippen LogP contribution in [-0.2, 0) is 49.7 Å². The van der Waals surface area contributed by atoms with Crippen molar-refractivity contribution in [3.8, 4) is 22.6 Å². The molecule has 2 aliphatic heterocycles. The molecule has 0 saturated heterocycles. The predicted molar refractivity (Wildman–Crippen MR) is 232 cm³/mol. The highest BCUT2D eigenvalue weighted by Crippen LogP contribution is 2.22. The molecule has 7 rings (SSSR count). The lowest BCUT2D eigenvalue weighted by Gasteiger charge is -2.26. The van der Waals surface area contributed by atoms with Gasteiger partial charge in [-0.2, -0.15) is 0 Å². The fraction of sp³-hybridized carbons (Fsp3) is 0.286. The van der Waals surface area contributed by atoms with E-state index in [1.165, 1.54) is 0 Å². The van der Waals surface area contributed by atoms with Gasteiger partial charge in [-0.15, -0.1) is 0 Å². The van der Waals surface area contributed by atoms with Gasteiger partial charge in [0.25, 0.3) is 5.91 Å². The molecular formula is C49H52N4O8. The van der Waals surface area contributed by atoms with Gasteiger partial charge in [-0.3, -0.25) is 19.2 Å². The first-order valence-corrected chi connectivity index (χ1v) is 20.4. The van der Waals surface area contributed by atoms with Crippen LogP contribution in [0, 0.1) is 0 Å². The van der Waals surface area contributed by atoms with E-state index in [2.05, 4.69) is 21.3 Å². The van der Waals surface area contributed by atoms with Crippen LogP contribution in [0.1, 0.15) is 49.4 Å². The second-order valence-electron chi connectivity index (χ2n) is 16.1. The number of hydrogen-bond donors (Lipinski definition) is 5. The number of ether oxygens (including phenoxy) is 2. The van der Waals surface area contributed by atoms with Crippen LogP contribution in [0.5, 0.6) is 11.5 Å². The minimum absolute atomic E-state index is 0.0357. The molecule has 0 spiro atoms. The topological polar surface area (TPSA) is 172 Å². The zero-order chi connectivity index (χ0) is 43.4. The van der Waals surface area contributed by atoms with Gasteiger partial charge in [0.2, 0.25) is 17.7 Å². The molecule has 4 atom stereocenters. The van der Waals surface area contributed by atoms with Gasteiger partial charge in [-0.25, -0.2) is 4.79 Å². The minimum Gasteiger partial charge on any atom is -0.488 e. The van der Waals surface area contributed by atoms with E-state index < -0.39 is 66.0 Å². The molecule has 2 bridgehead atoms. The molecule has 316 valence electrons. The Bertz CT molecular complexity index is 2260. The molecule has 5 N–H and O–H groups in total. The summed E-state index contributed by atoms with van der Waals surface area (Å²) >= 11 is 0. The number of rotatable bonds is 10. The van der Waals surface area contributed by atoms with Gasteiger partial charge >= 0.3 is 5.97 Å². The first-order valence-electron chi connectivity index (χ1n) is 20.4. The summed E-state index contributed by atoms with van der Waals surface area (Å²) in [6.45, 7) is 5.40. The summed E-state index contributed by atoms with van der Waals surface area (Å²) in [5.41, 5.74) is 4.50. The molecule has 12 heteroatoms. The van der Waals surface area contributed by atoms with Crippen molar-refractivity contribution in [1.82, 2.24) is 21.3 Å². The Balaban J connectivity index is 1.34. The van der Waals surface area contributed by atoms with Crippen LogP contribution in [0.25, 0.3) is 11.1 Å². The maximum Gasteiger partial charge on any atom is 0.326 e. The lowest BCUT2D eigenvalue weighted by molar-refractivity contribution is -0.142. The largest absolute Gasteiger partial charge is 0.488 e. The van der Waals surface area contributed by atoms with Crippen molar-refractivity contribution in [2.75, 3.05) is 6.61 Å². The van der Waals surface area contributed by atoms with E-state index in [0.29, 0.717) is 23.5 Å². The molecular weight excluding hydrogens is 773 g/mol. The SMILES string of the molecule is CC(C)(C)Oc1ccc(C[C@@H]2NC(=O)COc3ccc(cc3)C[C@@H](C(=O)O)NC(=O)[C@H](CCc3ccccc3)NC(=O)[C@@H](Cc3ccc(-c4ccccc4)cc3)NC2=O)cc1. The Morgan fingerprint density at radius 1 is 0.623 bits per heavy atom. The molecule has 4 amide bonds. The van der Waals surface area contributed by atoms with E-state index in [0.717, 1.165) is 27.8 Å². The van der Waals surface area contributed by atoms with Gasteiger partial charge in [0.15, 0.2) is 6.61 Å². The molecule has 5 aromatic carbocycles. The summed E-state index contributed by atoms with van der Waals surface area (Å²) in [5, 5.41) is 21.3. The summed E-state index contributed by atoms with van der Waals surface area (Å²) in [6, 6.07) is 35.7. The molecule has 0 aromatic heterocycles. The van der Waals surface area contributed by atoms with Gasteiger partial charge in [0.1, 0.15) is 41.3 Å². The summed E-state index contributed by atoms with van der Waals surface area (Å²) in [6.07, 6.45) is 0.586. The van der Waals surface area contributed by atoms with Crippen molar-refractivity contribution in [3.05, 3.63) is 156 Å². The van der Waals surface area contributed by atoms with Crippen LogP contribution in [0.2, 0.25) is 0 Å². The molecule has 12 nitrogen and oxygen atoms in total. The van der Waals surface area contributed by atoms with Crippen molar-refractivity contribution >= 4 is 29.6 Å². The number of carbonyl (C=O) groups is 5. The van der Waals surface area contributed by atoms with Gasteiger partial charge < -0.3 is 35.8 Å². The van der Waals surface area contributed by atoms with Crippen molar-refractivity contribution in [3.63, 3.8) is 0 Å². The highest BCUT2D eigenvalue weighted by atomic mass is 16.5. The normalized spacial score (nSPS) is 19.1. The number of aryl methyl sites for hydroxylation is 1. The van der Waals surface area contributed by atoms with Crippen LogP contribution in [0.4, 0.5) is 0 Å².